The van der Waals surface area contributed by atoms with Crippen LogP contribution in [-0.2, 0) is 9.59 Å². The van der Waals surface area contributed by atoms with Gasteiger partial charge >= 0.3 is 0 Å². The van der Waals surface area contributed by atoms with Gasteiger partial charge in [0.05, 0.1) is 12.0 Å². The molecule has 2 heterocycles. The SMILES string of the molecule is Cc1cc([C@H](O)CCNC(=O)[C@H]2CC(=O)N(c3ccc(F)cc3)C2)c(C)o1. The number of nitrogens with one attached hydrogen (secondary N) is 1. The fourth-order valence-corrected chi connectivity index (χ4v) is 3.37. The quantitative estimate of drug-likeness (QED) is 0.814. The van der Waals surface area contributed by atoms with Gasteiger partial charge in [0.1, 0.15) is 17.3 Å². The highest BCUT2D eigenvalue weighted by Crippen LogP contribution is 2.26. The molecular formula is C20H23FN2O4. The molecule has 0 saturated carbocycles. The largest absolute Gasteiger partial charge is 0.466 e. The van der Waals surface area contributed by atoms with Crippen molar-refractivity contribution < 1.29 is 23.5 Å². The Kier molecular flexibility index (Phi) is 5.60. The number of benzene rings is 1. The molecule has 2 amide bonds. The lowest BCUT2D eigenvalue weighted by atomic mass is 10.1. The Bertz CT molecular complexity index is 831. The van der Waals surface area contributed by atoms with Crippen molar-refractivity contribution in [3.63, 3.8) is 0 Å². The zero-order valence-electron chi connectivity index (χ0n) is 15.4. The van der Waals surface area contributed by atoms with Crippen molar-refractivity contribution >= 4 is 17.5 Å². The molecule has 1 saturated heterocycles. The van der Waals surface area contributed by atoms with E-state index in [0.29, 0.717) is 24.4 Å². The van der Waals surface area contributed by atoms with Gasteiger partial charge in [-0.05, 0) is 50.6 Å². The van der Waals surface area contributed by atoms with Gasteiger partial charge in [0.2, 0.25) is 11.8 Å². The number of hydrogen-bond acceptors (Lipinski definition) is 4. The average molecular weight is 374 g/mol. The molecule has 0 radical (unpaired) electrons. The number of anilines is 1. The molecule has 1 aromatic carbocycles. The van der Waals surface area contributed by atoms with Crippen molar-refractivity contribution in [1.29, 1.82) is 0 Å². The minimum Gasteiger partial charge on any atom is -0.466 e. The molecule has 1 aromatic heterocycles. The molecule has 2 N–H and O–H groups in total. The second kappa shape index (κ2) is 7.92. The van der Waals surface area contributed by atoms with Crippen LogP contribution in [-0.4, -0.2) is 30.0 Å². The Morgan fingerprint density at radius 3 is 2.70 bits per heavy atom. The summed E-state index contributed by atoms with van der Waals surface area (Å²) in [6, 6.07) is 7.42. The highest BCUT2D eigenvalue weighted by atomic mass is 19.1. The second-order valence-electron chi connectivity index (χ2n) is 6.85. The van der Waals surface area contributed by atoms with Gasteiger partial charge in [-0.2, -0.15) is 0 Å². The summed E-state index contributed by atoms with van der Waals surface area (Å²) >= 11 is 0. The first kappa shape index (κ1) is 19.1. The first-order valence-corrected chi connectivity index (χ1v) is 8.94. The monoisotopic (exact) mass is 374 g/mol. The van der Waals surface area contributed by atoms with Crippen LogP contribution in [0.4, 0.5) is 10.1 Å². The summed E-state index contributed by atoms with van der Waals surface area (Å²) in [5.41, 5.74) is 1.30. The smallest absolute Gasteiger partial charge is 0.227 e. The molecule has 2 atom stereocenters. The molecule has 6 nitrogen and oxygen atoms in total. The summed E-state index contributed by atoms with van der Waals surface area (Å²) in [7, 11) is 0. The van der Waals surface area contributed by atoms with E-state index in [2.05, 4.69) is 5.32 Å². The Labute approximate surface area is 157 Å². The number of furan rings is 1. The molecule has 0 aliphatic carbocycles. The van der Waals surface area contributed by atoms with Crippen molar-refractivity contribution in [3.8, 4) is 0 Å². The van der Waals surface area contributed by atoms with E-state index in [1.807, 2.05) is 6.92 Å². The number of halogens is 1. The van der Waals surface area contributed by atoms with E-state index in [0.717, 1.165) is 11.3 Å². The molecule has 0 bridgehead atoms. The predicted octanol–water partition coefficient (Wildman–Crippen LogP) is 2.63. The van der Waals surface area contributed by atoms with E-state index in [4.69, 9.17) is 4.42 Å². The number of carbonyl (C=O) groups excluding carboxylic acids is 2. The number of aliphatic hydroxyl groups excluding tert-OH is 1. The summed E-state index contributed by atoms with van der Waals surface area (Å²) in [5, 5.41) is 13.0. The maximum absolute atomic E-state index is 13.0. The lowest BCUT2D eigenvalue weighted by Crippen LogP contribution is -2.34. The summed E-state index contributed by atoms with van der Waals surface area (Å²) in [4.78, 5) is 26.0. The highest BCUT2D eigenvalue weighted by molar-refractivity contribution is 6.00. The van der Waals surface area contributed by atoms with Crippen molar-refractivity contribution in [2.24, 2.45) is 5.92 Å². The Morgan fingerprint density at radius 2 is 2.07 bits per heavy atom. The van der Waals surface area contributed by atoms with Gasteiger partial charge in [0, 0.05) is 30.8 Å². The van der Waals surface area contributed by atoms with Crippen LogP contribution in [0.1, 0.15) is 36.0 Å². The van der Waals surface area contributed by atoms with E-state index in [-0.39, 0.29) is 30.6 Å². The Morgan fingerprint density at radius 1 is 1.37 bits per heavy atom. The molecule has 144 valence electrons. The fourth-order valence-electron chi connectivity index (χ4n) is 3.37. The van der Waals surface area contributed by atoms with Crippen LogP contribution in [0.3, 0.4) is 0 Å². The van der Waals surface area contributed by atoms with Crippen molar-refractivity contribution in [1.82, 2.24) is 5.32 Å². The van der Waals surface area contributed by atoms with E-state index >= 15 is 0 Å². The summed E-state index contributed by atoms with van der Waals surface area (Å²) in [6.45, 7) is 4.16. The van der Waals surface area contributed by atoms with Crippen LogP contribution in [0, 0.1) is 25.6 Å². The summed E-state index contributed by atoms with van der Waals surface area (Å²) in [5.74, 6) is 0.184. The molecule has 0 unspecified atom stereocenters. The van der Waals surface area contributed by atoms with Crippen LogP contribution in [0.15, 0.2) is 34.7 Å². The molecule has 1 aliphatic rings. The van der Waals surface area contributed by atoms with Gasteiger partial charge in [0.15, 0.2) is 0 Å². The average Bonchev–Trinajstić information content (AvgIpc) is 3.17. The molecule has 1 fully saturated rings. The summed E-state index contributed by atoms with van der Waals surface area (Å²) in [6.07, 6.45) is -0.247. The fraction of sp³-hybridized carbons (Fsp3) is 0.400. The van der Waals surface area contributed by atoms with Crippen molar-refractivity contribution in [3.05, 3.63) is 53.2 Å². The van der Waals surface area contributed by atoms with Gasteiger partial charge in [-0.3, -0.25) is 9.59 Å². The third-order valence-corrected chi connectivity index (χ3v) is 4.79. The van der Waals surface area contributed by atoms with Crippen LogP contribution in [0.25, 0.3) is 0 Å². The van der Waals surface area contributed by atoms with Gasteiger partial charge in [-0.1, -0.05) is 0 Å². The first-order valence-electron chi connectivity index (χ1n) is 8.94. The Balaban J connectivity index is 1.51. The van der Waals surface area contributed by atoms with E-state index in [9.17, 15) is 19.1 Å². The van der Waals surface area contributed by atoms with E-state index in [1.54, 1.807) is 13.0 Å². The number of carbonyl (C=O) groups is 2. The number of rotatable bonds is 6. The summed E-state index contributed by atoms with van der Waals surface area (Å²) < 4.78 is 18.4. The first-order chi connectivity index (χ1) is 12.8. The van der Waals surface area contributed by atoms with E-state index in [1.165, 1.54) is 29.2 Å². The number of nitrogens with zero attached hydrogens (tertiary/aromatic N) is 1. The van der Waals surface area contributed by atoms with Crippen LogP contribution in [0.2, 0.25) is 0 Å². The van der Waals surface area contributed by atoms with Gasteiger partial charge in [0.25, 0.3) is 0 Å². The third kappa shape index (κ3) is 4.36. The molecular weight excluding hydrogens is 351 g/mol. The molecule has 1 aliphatic heterocycles. The molecule has 3 rings (SSSR count). The van der Waals surface area contributed by atoms with Gasteiger partial charge < -0.3 is 19.7 Å². The van der Waals surface area contributed by atoms with Gasteiger partial charge in [-0.25, -0.2) is 4.39 Å². The maximum Gasteiger partial charge on any atom is 0.227 e. The topological polar surface area (TPSA) is 82.8 Å². The van der Waals surface area contributed by atoms with Crippen LogP contribution in [0.5, 0.6) is 0 Å². The molecule has 27 heavy (non-hydrogen) atoms. The maximum atomic E-state index is 13.0. The molecule has 7 heteroatoms. The Hall–Kier alpha value is -2.67. The zero-order chi connectivity index (χ0) is 19.6. The molecule has 0 spiro atoms. The van der Waals surface area contributed by atoms with Gasteiger partial charge in [-0.15, -0.1) is 0 Å². The number of hydrogen-bond donors (Lipinski definition) is 2. The number of aryl methyl sites for hydroxylation is 2. The lowest BCUT2D eigenvalue weighted by molar-refractivity contribution is -0.126. The minimum absolute atomic E-state index is 0.117. The minimum atomic E-state index is -0.719. The molecule has 2 aromatic rings. The predicted molar refractivity (Wildman–Crippen MR) is 97.6 cm³/mol. The lowest BCUT2D eigenvalue weighted by Gasteiger charge is -2.17. The van der Waals surface area contributed by atoms with Crippen LogP contribution >= 0.6 is 0 Å². The van der Waals surface area contributed by atoms with Crippen molar-refractivity contribution in [2.75, 3.05) is 18.0 Å². The highest BCUT2D eigenvalue weighted by Gasteiger charge is 2.35. The van der Waals surface area contributed by atoms with Crippen molar-refractivity contribution in [2.45, 2.75) is 32.8 Å². The van der Waals surface area contributed by atoms with E-state index < -0.39 is 12.0 Å². The zero-order valence-corrected chi connectivity index (χ0v) is 15.4. The van der Waals surface area contributed by atoms with Crippen LogP contribution < -0.4 is 10.2 Å². The second-order valence-corrected chi connectivity index (χ2v) is 6.85. The number of aliphatic hydroxyl groups is 1. The number of amides is 2. The third-order valence-electron chi connectivity index (χ3n) is 4.79. The standard InChI is InChI=1S/C20H23FN2O4/c1-12-9-17(13(2)27-12)18(24)7-8-22-20(26)14-10-19(25)23(11-14)16-5-3-15(21)4-6-16/h3-6,9,14,18,24H,7-8,10-11H2,1-2H3,(H,22,26)/t14-,18+/m0/s1. The normalized spacial score (nSPS) is 18.0.